The third-order valence-corrected chi connectivity index (χ3v) is 4.77. The highest BCUT2D eigenvalue weighted by atomic mass is 35.5. The fraction of sp³-hybridized carbons (Fsp3) is 0.500. The Bertz CT molecular complexity index is 713. The summed E-state index contributed by atoms with van der Waals surface area (Å²) in [7, 11) is 1.95. The molecule has 1 aromatic carbocycles. The lowest BCUT2D eigenvalue weighted by molar-refractivity contribution is -0.131. The average molecular weight is 364 g/mol. The summed E-state index contributed by atoms with van der Waals surface area (Å²) in [5.74, 6) is 0.133. The van der Waals surface area contributed by atoms with Crippen LogP contribution in [0.15, 0.2) is 24.3 Å². The molecule has 6 nitrogen and oxygen atoms in total. The van der Waals surface area contributed by atoms with Crippen LogP contribution in [0.3, 0.4) is 0 Å². The lowest BCUT2D eigenvalue weighted by Crippen LogP contribution is -2.47. The normalized spacial score (nSPS) is 17.2. The number of hydrogen-bond acceptors (Lipinski definition) is 4. The van der Waals surface area contributed by atoms with Gasteiger partial charge in [0.15, 0.2) is 0 Å². The van der Waals surface area contributed by atoms with Gasteiger partial charge in [-0.25, -0.2) is 4.68 Å². The van der Waals surface area contributed by atoms with Crippen molar-refractivity contribution < 1.29 is 4.79 Å². The van der Waals surface area contributed by atoms with Crippen LogP contribution in [0.4, 0.5) is 0 Å². The number of benzene rings is 1. The molecule has 1 saturated heterocycles. The van der Waals surface area contributed by atoms with Gasteiger partial charge >= 0.3 is 0 Å². The van der Waals surface area contributed by atoms with Crippen LogP contribution < -0.4 is 5.32 Å². The summed E-state index contributed by atoms with van der Waals surface area (Å²) in [6, 6.07) is 8.53. The number of rotatable bonds is 4. The van der Waals surface area contributed by atoms with E-state index >= 15 is 0 Å². The quantitative estimate of drug-likeness (QED) is 0.903. The SMILES string of the molecule is CNC1CCCN(C(=O)Cc2nnn(-c3ccc(C)cc3)c2C)C1.Cl. The maximum absolute atomic E-state index is 12.6. The zero-order chi connectivity index (χ0) is 17.1. The second-order valence-electron chi connectivity index (χ2n) is 6.51. The van der Waals surface area contributed by atoms with Crippen LogP contribution in [0.25, 0.3) is 5.69 Å². The van der Waals surface area contributed by atoms with Crippen molar-refractivity contribution >= 4 is 18.3 Å². The second kappa shape index (κ2) is 8.45. The van der Waals surface area contributed by atoms with E-state index in [-0.39, 0.29) is 18.3 Å². The number of nitrogens with one attached hydrogen (secondary N) is 1. The first-order chi connectivity index (χ1) is 11.6. The van der Waals surface area contributed by atoms with Crippen LogP contribution in [0, 0.1) is 13.8 Å². The minimum Gasteiger partial charge on any atom is -0.341 e. The predicted octanol–water partition coefficient (Wildman–Crippen LogP) is 2.06. The predicted molar refractivity (Wildman–Crippen MR) is 100 cm³/mol. The monoisotopic (exact) mass is 363 g/mol. The van der Waals surface area contributed by atoms with Crippen molar-refractivity contribution in [2.75, 3.05) is 20.1 Å². The number of carbonyl (C=O) groups excluding carboxylic acids is 1. The molecule has 1 aromatic heterocycles. The van der Waals surface area contributed by atoms with Crippen molar-refractivity contribution in [1.29, 1.82) is 0 Å². The molecule has 25 heavy (non-hydrogen) atoms. The number of amides is 1. The van der Waals surface area contributed by atoms with Crippen molar-refractivity contribution in [3.8, 4) is 5.69 Å². The molecular formula is C18H26ClN5O. The Kier molecular flexibility index (Phi) is 6.56. The number of hydrogen-bond donors (Lipinski definition) is 1. The first-order valence-electron chi connectivity index (χ1n) is 8.51. The summed E-state index contributed by atoms with van der Waals surface area (Å²) in [4.78, 5) is 14.5. The topological polar surface area (TPSA) is 63.1 Å². The summed E-state index contributed by atoms with van der Waals surface area (Å²) in [5.41, 5.74) is 3.86. The van der Waals surface area contributed by atoms with Gasteiger partial charge in [-0.15, -0.1) is 17.5 Å². The minimum absolute atomic E-state index is 0. The Hall–Kier alpha value is -1.92. The molecule has 0 bridgehead atoms. The Labute approximate surface area is 155 Å². The first-order valence-corrected chi connectivity index (χ1v) is 8.51. The van der Waals surface area contributed by atoms with Crippen molar-refractivity contribution in [3.63, 3.8) is 0 Å². The molecule has 0 aliphatic carbocycles. The van der Waals surface area contributed by atoms with Crippen molar-refractivity contribution in [1.82, 2.24) is 25.2 Å². The van der Waals surface area contributed by atoms with E-state index in [1.165, 1.54) is 5.56 Å². The van der Waals surface area contributed by atoms with Gasteiger partial charge in [-0.1, -0.05) is 22.9 Å². The molecular weight excluding hydrogens is 338 g/mol. The van der Waals surface area contributed by atoms with Crippen LogP contribution in [0.1, 0.15) is 29.8 Å². The van der Waals surface area contributed by atoms with Crippen LogP contribution in [0.5, 0.6) is 0 Å². The largest absolute Gasteiger partial charge is 0.341 e. The third kappa shape index (κ3) is 4.38. The Morgan fingerprint density at radius 1 is 1.28 bits per heavy atom. The van der Waals surface area contributed by atoms with Gasteiger partial charge in [0.25, 0.3) is 0 Å². The van der Waals surface area contributed by atoms with Gasteiger partial charge in [0.05, 0.1) is 23.5 Å². The Morgan fingerprint density at radius 3 is 2.68 bits per heavy atom. The molecule has 2 heterocycles. The van der Waals surface area contributed by atoms with Gasteiger partial charge in [-0.3, -0.25) is 4.79 Å². The van der Waals surface area contributed by atoms with Crippen LogP contribution in [-0.2, 0) is 11.2 Å². The molecule has 1 aliphatic rings. The first kappa shape index (κ1) is 19.4. The lowest BCUT2D eigenvalue weighted by Gasteiger charge is -2.32. The molecule has 1 aliphatic heterocycles. The lowest BCUT2D eigenvalue weighted by atomic mass is 10.1. The van der Waals surface area contributed by atoms with E-state index in [0.717, 1.165) is 43.0 Å². The maximum atomic E-state index is 12.6. The molecule has 0 spiro atoms. The number of halogens is 1. The van der Waals surface area contributed by atoms with Crippen LogP contribution >= 0.6 is 12.4 Å². The number of carbonyl (C=O) groups is 1. The number of likely N-dealkylation sites (N-methyl/N-ethyl adjacent to an activating group) is 1. The molecule has 2 aromatic rings. The number of aromatic nitrogens is 3. The minimum atomic E-state index is 0. The molecule has 1 fully saturated rings. The summed E-state index contributed by atoms with van der Waals surface area (Å²) in [6.07, 6.45) is 2.49. The van der Waals surface area contributed by atoms with E-state index in [2.05, 4.69) is 22.6 Å². The number of nitrogens with zero attached hydrogens (tertiary/aromatic N) is 4. The van der Waals surface area contributed by atoms with Gasteiger partial charge in [0.1, 0.15) is 0 Å². The standard InChI is InChI=1S/C18H25N5O.ClH/c1-13-6-8-16(9-7-13)23-14(2)17(20-21-23)11-18(24)22-10-4-5-15(12-22)19-3;/h6-9,15,19H,4-5,10-12H2,1-3H3;1H. The molecule has 1 unspecified atom stereocenters. The van der Waals surface area contributed by atoms with E-state index in [1.807, 2.05) is 43.1 Å². The number of piperidine rings is 1. The molecule has 136 valence electrons. The summed E-state index contributed by atoms with van der Waals surface area (Å²) < 4.78 is 1.80. The van der Waals surface area contributed by atoms with E-state index < -0.39 is 0 Å². The highest BCUT2D eigenvalue weighted by Crippen LogP contribution is 2.16. The van der Waals surface area contributed by atoms with E-state index in [4.69, 9.17) is 0 Å². The molecule has 3 rings (SSSR count). The summed E-state index contributed by atoms with van der Waals surface area (Å²) >= 11 is 0. The molecule has 0 saturated carbocycles. The van der Waals surface area contributed by atoms with Crippen LogP contribution in [-0.4, -0.2) is 52.0 Å². The molecule has 1 N–H and O–H groups in total. The Balaban J connectivity index is 0.00000225. The van der Waals surface area contributed by atoms with Crippen molar-refractivity contribution in [3.05, 3.63) is 41.2 Å². The molecule has 1 amide bonds. The summed E-state index contributed by atoms with van der Waals surface area (Å²) in [5, 5.41) is 11.7. The van der Waals surface area contributed by atoms with E-state index in [9.17, 15) is 4.79 Å². The van der Waals surface area contributed by atoms with E-state index in [1.54, 1.807) is 4.68 Å². The number of aryl methyl sites for hydroxylation is 1. The van der Waals surface area contributed by atoms with E-state index in [0.29, 0.717) is 12.5 Å². The zero-order valence-electron chi connectivity index (χ0n) is 15.0. The zero-order valence-corrected chi connectivity index (χ0v) is 15.8. The third-order valence-electron chi connectivity index (χ3n) is 4.77. The fourth-order valence-electron chi connectivity index (χ4n) is 3.15. The van der Waals surface area contributed by atoms with Gasteiger partial charge < -0.3 is 10.2 Å². The second-order valence-corrected chi connectivity index (χ2v) is 6.51. The molecule has 7 heteroatoms. The van der Waals surface area contributed by atoms with Gasteiger partial charge in [-0.2, -0.15) is 0 Å². The van der Waals surface area contributed by atoms with Gasteiger partial charge in [0.2, 0.25) is 5.91 Å². The average Bonchev–Trinajstić information content (AvgIpc) is 2.96. The maximum Gasteiger partial charge on any atom is 0.228 e. The molecule has 1 atom stereocenters. The van der Waals surface area contributed by atoms with Gasteiger partial charge in [0, 0.05) is 19.1 Å². The smallest absolute Gasteiger partial charge is 0.228 e. The fourth-order valence-corrected chi connectivity index (χ4v) is 3.15. The summed E-state index contributed by atoms with van der Waals surface area (Å²) in [6.45, 7) is 5.64. The highest BCUT2D eigenvalue weighted by Gasteiger charge is 2.24. The molecule has 0 radical (unpaired) electrons. The highest BCUT2D eigenvalue weighted by molar-refractivity contribution is 5.85. The van der Waals surface area contributed by atoms with Gasteiger partial charge in [-0.05, 0) is 45.9 Å². The van der Waals surface area contributed by atoms with Crippen molar-refractivity contribution in [2.24, 2.45) is 0 Å². The van der Waals surface area contributed by atoms with Crippen LogP contribution in [0.2, 0.25) is 0 Å². The van der Waals surface area contributed by atoms with Crippen molar-refractivity contribution in [2.45, 2.75) is 39.2 Å². The Morgan fingerprint density at radius 2 is 2.00 bits per heavy atom. The number of likely N-dealkylation sites (tertiary alicyclic amines) is 1.